The molecule has 2 unspecified atom stereocenters. The predicted molar refractivity (Wildman–Crippen MR) is 73.8 cm³/mol. The van der Waals surface area contributed by atoms with E-state index < -0.39 is 17.4 Å². The highest BCUT2D eigenvalue weighted by atomic mass is 16.4. The van der Waals surface area contributed by atoms with Crippen LogP contribution in [0.5, 0.6) is 0 Å². The van der Waals surface area contributed by atoms with Crippen molar-refractivity contribution in [3.8, 4) is 0 Å². The number of carboxylic acid groups (broad SMARTS) is 1. The Kier molecular flexibility index (Phi) is 5.35. The Bertz CT molecular complexity index is 336. The second-order valence-corrected chi connectivity index (χ2v) is 5.91. The number of rotatable bonds is 6. The molecular formula is C14H26N2O3. The number of hydrogen-bond donors (Lipinski definition) is 3. The van der Waals surface area contributed by atoms with E-state index in [1.54, 1.807) is 0 Å². The van der Waals surface area contributed by atoms with Crippen LogP contribution in [0.2, 0.25) is 0 Å². The van der Waals surface area contributed by atoms with E-state index in [-0.39, 0.29) is 17.7 Å². The molecule has 0 aliphatic carbocycles. The number of aliphatic carboxylic acids is 1. The predicted octanol–water partition coefficient (Wildman–Crippen LogP) is 1.24. The normalized spacial score (nSPS) is 26.2. The van der Waals surface area contributed by atoms with Crippen LogP contribution in [-0.4, -0.2) is 36.1 Å². The lowest BCUT2D eigenvalue weighted by atomic mass is 9.75. The van der Waals surface area contributed by atoms with Gasteiger partial charge in [0.05, 0.1) is 5.41 Å². The molecule has 0 saturated carbocycles. The van der Waals surface area contributed by atoms with Gasteiger partial charge in [0.15, 0.2) is 0 Å². The van der Waals surface area contributed by atoms with Crippen LogP contribution in [0, 0.1) is 17.3 Å². The average Bonchev–Trinajstić information content (AvgIpc) is 2.84. The van der Waals surface area contributed by atoms with Crippen LogP contribution in [0.1, 0.15) is 40.5 Å². The van der Waals surface area contributed by atoms with E-state index in [0.29, 0.717) is 6.54 Å². The quantitative estimate of drug-likeness (QED) is 0.678. The van der Waals surface area contributed by atoms with E-state index in [4.69, 9.17) is 0 Å². The number of hydrogen-bond acceptors (Lipinski definition) is 3. The molecule has 0 aromatic rings. The van der Waals surface area contributed by atoms with Gasteiger partial charge >= 0.3 is 5.97 Å². The van der Waals surface area contributed by atoms with E-state index in [2.05, 4.69) is 10.6 Å². The molecule has 110 valence electrons. The van der Waals surface area contributed by atoms with Gasteiger partial charge in [-0.25, -0.2) is 4.79 Å². The first-order valence-corrected chi connectivity index (χ1v) is 7.09. The lowest BCUT2D eigenvalue weighted by Crippen LogP contribution is -2.53. The summed E-state index contributed by atoms with van der Waals surface area (Å²) in [5.41, 5.74) is -0.471. The van der Waals surface area contributed by atoms with Crippen LogP contribution in [0.25, 0.3) is 0 Å². The number of carbonyl (C=O) groups excluding carboxylic acids is 1. The maximum absolute atomic E-state index is 12.5. The van der Waals surface area contributed by atoms with Crippen LogP contribution in [-0.2, 0) is 9.59 Å². The van der Waals surface area contributed by atoms with Gasteiger partial charge in [0, 0.05) is 6.54 Å². The number of nitrogens with one attached hydrogen (secondary N) is 2. The fraction of sp³-hybridized carbons (Fsp3) is 0.857. The molecule has 1 fully saturated rings. The summed E-state index contributed by atoms with van der Waals surface area (Å²) in [6.45, 7) is 9.27. The smallest absolute Gasteiger partial charge is 0.326 e. The molecule has 1 aliphatic rings. The third kappa shape index (κ3) is 3.26. The Hall–Kier alpha value is -1.10. The van der Waals surface area contributed by atoms with Gasteiger partial charge in [0.25, 0.3) is 0 Å². The van der Waals surface area contributed by atoms with Crippen molar-refractivity contribution >= 4 is 11.9 Å². The molecule has 0 spiro atoms. The molecule has 3 N–H and O–H groups in total. The highest BCUT2D eigenvalue weighted by Gasteiger charge is 2.45. The first-order valence-electron chi connectivity index (χ1n) is 7.09. The third-order valence-electron chi connectivity index (χ3n) is 4.51. The van der Waals surface area contributed by atoms with Crippen molar-refractivity contribution in [2.45, 2.75) is 46.6 Å². The van der Waals surface area contributed by atoms with Gasteiger partial charge in [-0.15, -0.1) is 0 Å². The lowest BCUT2D eigenvalue weighted by Gasteiger charge is -2.33. The Morgan fingerprint density at radius 1 is 1.37 bits per heavy atom. The minimum Gasteiger partial charge on any atom is -0.480 e. The first kappa shape index (κ1) is 16.0. The summed E-state index contributed by atoms with van der Waals surface area (Å²) in [7, 11) is 0. The monoisotopic (exact) mass is 270 g/mol. The van der Waals surface area contributed by atoms with Crippen LogP contribution in [0.3, 0.4) is 0 Å². The minimum absolute atomic E-state index is 0.0694. The Balaban J connectivity index is 2.83. The fourth-order valence-electron chi connectivity index (χ4n) is 2.63. The second-order valence-electron chi connectivity index (χ2n) is 5.91. The van der Waals surface area contributed by atoms with Crippen molar-refractivity contribution in [1.82, 2.24) is 10.6 Å². The topological polar surface area (TPSA) is 78.4 Å². The van der Waals surface area contributed by atoms with Gasteiger partial charge in [0.2, 0.25) is 5.91 Å². The molecule has 19 heavy (non-hydrogen) atoms. The summed E-state index contributed by atoms with van der Waals surface area (Å²) < 4.78 is 0. The van der Waals surface area contributed by atoms with Crippen LogP contribution >= 0.6 is 0 Å². The van der Waals surface area contributed by atoms with Crippen molar-refractivity contribution in [2.75, 3.05) is 13.1 Å². The largest absolute Gasteiger partial charge is 0.480 e. The minimum atomic E-state index is -0.951. The lowest BCUT2D eigenvalue weighted by molar-refractivity contribution is -0.146. The van der Waals surface area contributed by atoms with Crippen LogP contribution < -0.4 is 10.6 Å². The number of amides is 1. The molecule has 5 nitrogen and oxygen atoms in total. The molecule has 3 atom stereocenters. The molecule has 1 saturated heterocycles. The van der Waals surface area contributed by atoms with Crippen molar-refractivity contribution in [3.05, 3.63) is 0 Å². The Morgan fingerprint density at radius 3 is 2.37 bits per heavy atom. The Labute approximate surface area is 115 Å². The molecular weight excluding hydrogens is 244 g/mol. The SMILES string of the molecule is CCC(C)[C@H](NC(=O)C1(C(C)C)CCNC1)C(=O)O. The van der Waals surface area contributed by atoms with Gasteiger partial charge in [0.1, 0.15) is 6.04 Å². The van der Waals surface area contributed by atoms with E-state index in [1.807, 2.05) is 27.7 Å². The van der Waals surface area contributed by atoms with Gasteiger partial charge in [-0.05, 0) is 24.8 Å². The molecule has 1 amide bonds. The zero-order chi connectivity index (χ0) is 14.6. The second kappa shape index (κ2) is 6.37. The summed E-state index contributed by atoms with van der Waals surface area (Å²) in [6.07, 6.45) is 1.49. The molecule has 1 heterocycles. The van der Waals surface area contributed by atoms with Crippen molar-refractivity contribution in [2.24, 2.45) is 17.3 Å². The molecule has 0 aromatic carbocycles. The van der Waals surface area contributed by atoms with Crippen molar-refractivity contribution in [1.29, 1.82) is 0 Å². The zero-order valence-corrected chi connectivity index (χ0v) is 12.3. The van der Waals surface area contributed by atoms with Crippen LogP contribution in [0.4, 0.5) is 0 Å². The van der Waals surface area contributed by atoms with E-state index in [1.165, 1.54) is 0 Å². The third-order valence-corrected chi connectivity index (χ3v) is 4.51. The fourth-order valence-corrected chi connectivity index (χ4v) is 2.63. The van der Waals surface area contributed by atoms with Crippen molar-refractivity contribution in [3.63, 3.8) is 0 Å². The van der Waals surface area contributed by atoms with Gasteiger partial charge in [-0.3, -0.25) is 4.79 Å². The van der Waals surface area contributed by atoms with Gasteiger partial charge < -0.3 is 15.7 Å². The van der Waals surface area contributed by atoms with E-state index >= 15 is 0 Å². The first-order chi connectivity index (χ1) is 8.85. The maximum atomic E-state index is 12.5. The van der Waals surface area contributed by atoms with Gasteiger partial charge in [-0.1, -0.05) is 34.1 Å². The summed E-state index contributed by atoms with van der Waals surface area (Å²) in [4.78, 5) is 23.8. The summed E-state index contributed by atoms with van der Waals surface area (Å²) in [6, 6.07) is -0.797. The summed E-state index contributed by atoms with van der Waals surface area (Å²) in [5.74, 6) is -0.957. The summed E-state index contributed by atoms with van der Waals surface area (Å²) in [5, 5.41) is 15.2. The highest BCUT2D eigenvalue weighted by molar-refractivity contribution is 5.88. The average molecular weight is 270 g/mol. The molecule has 0 bridgehead atoms. The van der Waals surface area contributed by atoms with E-state index in [0.717, 1.165) is 19.4 Å². The standard InChI is InChI=1S/C14H26N2O3/c1-5-10(4)11(12(17)18)16-13(19)14(9(2)3)6-7-15-8-14/h9-11,15H,5-8H2,1-4H3,(H,16,19)(H,17,18)/t10?,11-,14?/m0/s1. The van der Waals surface area contributed by atoms with Crippen LogP contribution in [0.15, 0.2) is 0 Å². The van der Waals surface area contributed by atoms with Crippen molar-refractivity contribution < 1.29 is 14.7 Å². The van der Waals surface area contributed by atoms with E-state index in [9.17, 15) is 14.7 Å². The number of carboxylic acids is 1. The molecule has 1 rings (SSSR count). The maximum Gasteiger partial charge on any atom is 0.326 e. The summed E-state index contributed by atoms with van der Waals surface area (Å²) >= 11 is 0. The van der Waals surface area contributed by atoms with Gasteiger partial charge in [-0.2, -0.15) is 0 Å². The highest BCUT2D eigenvalue weighted by Crippen LogP contribution is 2.34. The molecule has 0 aromatic heterocycles. The molecule has 0 radical (unpaired) electrons. The number of carbonyl (C=O) groups is 2. The molecule has 5 heteroatoms. The Morgan fingerprint density at radius 2 is 2.00 bits per heavy atom. The molecule has 1 aliphatic heterocycles. The zero-order valence-electron chi connectivity index (χ0n) is 12.3.